The first kappa shape index (κ1) is 5.83. The summed E-state index contributed by atoms with van der Waals surface area (Å²) in [5.74, 6) is -0.0746. The third-order valence-electron chi connectivity index (χ3n) is 1.05. The topological polar surface area (TPSA) is 0 Å². The fourth-order valence-corrected chi connectivity index (χ4v) is 0.744. The fraction of sp³-hybridized carbons (Fsp3) is 0.333. The molecule has 0 spiro atoms. The molecule has 0 fully saturated rings. The van der Waals surface area contributed by atoms with Crippen LogP contribution in [0.1, 0.15) is 12.8 Å². The lowest BCUT2D eigenvalue weighted by atomic mass is 10.2. The van der Waals surface area contributed by atoms with Crippen LogP contribution >= 0.6 is 11.6 Å². The Hall–Kier alpha value is -0.300. The minimum absolute atomic E-state index is 0.0746. The Morgan fingerprint density at radius 3 is 2.50 bits per heavy atom. The van der Waals surface area contributed by atoms with E-state index in [0.717, 1.165) is 5.03 Å². The van der Waals surface area contributed by atoms with E-state index >= 15 is 0 Å². The van der Waals surface area contributed by atoms with Crippen molar-refractivity contribution in [1.82, 2.24) is 0 Å². The van der Waals surface area contributed by atoms with Gasteiger partial charge in [0.2, 0.25) is 0 Å². The number of rotatable bonds is 0. The van der Waals surface area contributed by atoms with Crippen molar-refractivity contribution in [3.05, 3.63) is 23.0 Å². The van der Waals surface area contributed by atoms with Crippen LogP contribution < -0.4 is 0 Å². The maximum Gasteiger partial charge on any atom is 0.100 e. The molecule has 0 aromatic heterocycles. The fourth-order valence-electron chi connectivity index (χ4n) is 0.586. The zero-order valence-electron chi connectivity index (χ0n) is 4.32. The van der Waals surface area contributed by atoms with Crippen LogP contribution in [0.2, 0.25) is 0 Å². The molecular formula is C6H6ClF. The van der Waals surface area contributed by atoms with E-state index in [-0.39, 0.29) is 5.83 Å². The van der Waals surface area contributed by atoms with Crippen LogP contribution in [-0.4, -0.2) is 0 Å². The molecule has 0 unspecified atom stereocenters. The standard InChI is InChI=1S/C6H6ClF/c7-5-1-3-6(8)4-2-5/h1,3H,2,4H2. The molecule has 0 aromatic rings. The Morgan fingerprint density at radius 1 is 1.38 bits per heavy atom. The quantitative estimate of drug-likeness (QED) is 0.476. The van der Waals surface area contributed by atoms with E-state index in [1.165, 1.54) is 6.08 Å². The summed E-state index contributed by atoms with van der Waals surface area (Å²) in [5, 5.41) is 0.742. The molecule has 0 amide bonds. The predicted molar refractivity (Wildman–Crippen MR) is 32.4 cm³/mol. The summed E-state index contributed by atoms with van der Waals surface area (Å²) in [6, 6.07) is 0. The third kappa shape index (κ3) is 1.34. The highest BCUT2D eigenvalue weighted by Gasteiger charge is 2.01. The van der Waals surface area contributed by atoms with Gasteiger partial charge < -0.3 is 0 Å². The molecule has 1 aliphatic carbocycles. The SMILES string of the molecule is FC1=CC=C(Cl)CC1. The second kappa shape index (κ2) is 2.31. The Morgan fingerprint density at radius 2 is 2.12 bits per heavy atom. The molecule has 1 rings (SSSR count). The van der Waals surface area contributed by atoms with Gasteiger partial charge in [-0.1, -0.05) is 11.6 Å². The van der Waals surface area contributed by atoms with E-state index in [1.54, 1.807) is 6.08 Å². The van der Waals surface area contributed by atoms with Crippen LogP contribution in [0.4, 0.5) is 4.39 Å². The molecule has 0 bridgehead atoms. The molecule has 0 N–H and O–H groups in total. The van der Waals surface area contributed by atoms with Crippen LogP contribution in [0.5, 0.6) is 0 Å². The molecule has 0 saturated heterocycles. The lowest BCUT2D eigenvalue weighted by Gasteiger charge is -2.00. The zero-order chi connectivity index (χ0) is 5.98. The van der Waals surface area contributed by atoms with Gasteiger partial charge in [-0.3, -0.25) is 0 Å². The summed E-state index contributed by atoms with van der Waals surface area (Å²) in [4.78, 5) is 0. The van der Waals surface area contributed by atoms with Crippen molar-refractivity contribution in [3.63, 3.8) is 0 Å². The first-order valence-corrected chi connectivity index (χ1v) is 2.87. The van der Waals surface area contributed by atoms with Gasteiger partial charge in [0, 0.05) is 11.5 Å². The molecule has 1 aliphatic rings. The highest BCUT2D eigenvalue weighted by molar-refractivity contribution is 6.29. The second-order valence-corrected chi connectivity index (χ2v) is 2.21. The highest BCUT2D eigenvalue weighted by Crippen LogP contribution is 2.20. The van der Waals surface area contributed by atoms with Crippen LogP contribution in [0.3, 0.4) is 0 Å². The van der Waals surface area contributed by atoms with Crippen molar-refractivity contribution in [1.29, 1.82) is 0 Å². The Kier molecular flexibility index (Phi) is 1.69. The van der Waals surface area contributed by atoms with Gasteiger partial charge in [-0.2, -0.15) is 0 Å². The number of hydrogen-bond donors (Lipinski definition) is 0. The molecular weight excluding hydrogens is 127 g/mol. The van der Waals surface area contributed by atoms with E-state index in [4.69, 9.17) is 11.6 Å². The van der Waals surface area contributed by atoms with Gasteiger partial charge in [-0.25, -0.2) is 4.39 Å². The van der Waals surface area contributed by atoms with Gasteiger partial charge in [-0.15, -0.1) is 0 Å². The molecule has 0 atom stereocenters. The summed E-state index contributed by atoms with van der Waals surface area (Å²) in [6.45, 7) is 0. The first-order chi connectivity index (χ1) is 3.79. The van der Waals surface area contributed by atoms with Crippen molar-refractivity contribution in [2.45, 2.75) is 12.8 Å². The van der Waals surface area contributed by atoms with E-state index in [0.29, 0.717) is 12.8 Å². The van der Waals surface area contributed by atoms with Crippen LogP contribution in [0, 0.1) is 0 Å². The number of halogens is 2. The molecule has 0 heterocycles. The van der Waals surface area contributed by atoms with Crippen molar-refractivity contribution in [3.8, 4) is 0 Å². The van der Waals surface area contributed by atoms with Crippen LogP contribution in [-0.2, 0) is 0 Å². The largest absolute Gasteiger partial charge is 0.212 e. The summed E-state index contributed by atoms with van der Waals surface area (Å²) in [6.07, 6.45) is 4.13. The lowest BCUT2D eigenvalue weighted by molar-refractivity contribution is 0.586. The van der Waals surface area contributed by atoms with Crippen LogP contribution in [0.25, 0.3) is 0 Å². The van der Waals surface area contributed by atoms with Crippen molar-refractivity contribution in [2.24, 2.45) is 0 Å². The molecule has 0 nitrogen and oxygen atoms in total. The summed E-state index contributed by atoms with van der Waals surface area (Å²) in [7, 11) is 0. The molecule has 2 heteroatoms. The first-order valence-electron chi connectivity index (χ1n) is 2.50. The molecule has 0 radical (unpaired) electrons. The van der Waals surface area contributed by atoms with Crippen molar-refractivity contribution >= 4 is 11.6 Å². The average molecular weight is 133 g/mol. The molecule has 0 saturated carbocycles. The number of hydrogen-bond acceptors (Lipinski definition) is 0. The Bertz CT molecular complexity index is 129. The third-order valence-corrected chi connectivity index (χ3v) is 1.36. The summed E-state index contributed by atoms with van der Waals surface area (Å²) < 4.78 is 12.1. The minimum Gasteiger partial charge on any atom is -0.212 e. The summed E-state index contributed by atoms with van der Waals surface area (Å²) >= 11 is 5.53. The second-order valence-electron chi connectivity index (χ2n) is 1.73. The monoisotopic (exact) mass is 132 g/mol. The molecule has 8 heavy (non-hydrogen) atoms. The Balaban J connectivity index is 2.65. The van der Waals surface area contributed by atoms with Gasteiger partial charge in [0.15, 0.2) is 0 Å². The van der Waals surface area contributed by atoms with E-state index in [9.17, 15) is 4.39 Å². The predicted octanol–water partition coefficient (Wildman–Crippen LogP) is 2.76. The lowest BCUT2D eigenvalue weighted by Crippen LogP contribution is -1.82. The maximum atomic E-state index is 12.1. The van der Waals surface area contributed by atoms with Gasteiger partial charge in [0.1, 0.15) is 5.83 Å². The van der Waals surface area contributed by atoms with E-state index < -0.39 is 0 Å². The normalized spacial score (nSPS) is 19.8. The van der Waals surface area contributed by atoms with E-state index in [2.05, 4.69) is 0 Å². The minimum atomic E-state index is -0.0746. The summed E-state index contributed by atoms with van der Waals surface area (Å²) in [5.41, 5.74) is 0. The maximum absolute atomic E-state index is 12.1. The van der Waals surface area contributed by atoms with Gasteiger partial charge in [0.25, 0.3) is 0 Å². The van der Waals surface area contributed by atoms with Crippen molar-refractivity contribution in [2.75, 3.05) is 0 Å². The smallest absolute Gasteiger partial charge is 0.100 e. The number of allylic oxidation sites excluding steroid dienone is 4. The van der Waals surface area contributed by atoms with Gasteiger partial charge >= 0.3 is 0 Å². The van der Waals surface area contributed by atoms with Gasteiger partial charge in [-0.05, 0) is 18.6 Å². The molecule has 44 valence electrons. The van der Waals surface area contributed by atoms with Gasteiger partial charge in [0.05, 0.1) is 0 Å². The van der Waals surface area contributed by atoms with Crippen molar-refractivity contribution < 1.29 is 4.39 Å². The highest BCUT2D eigenvalue weighted by atomic mass is 35.5. The zero-order valence-corrected chi connectivity index (χ0v) is 5.08. The van der Waals surface area contributed by atoms with E-state index in [1.807, 2.05) is 0 Å². The Labute approximate surface area is 52.6 Å². The molecule has 0 aliphatic heterocycles. The average Bonchev–Trinajstić information content (AvgIpc) is 1.77. The van der Waals surface area contributed by atoms with Crippen LogP contribution in [0.15, 0.2) is 23.0 Å². The molecule has 0 aromatic carbocycles.